The lowest BCUT2D eigenvalue weighted by Gasteiger charge is -2.23. The lowest BCUT2D eigenvalue weighted by molar-refractivity contribution is -0.123. The Balaban J connectivity index is 1.52. The quantitative estimate of drug-likeness (QED) is 0.878. The molecule has 2 N–H and O–H groups in total. The van der Waals surface area contributed by atoms with Crippen LogP contribution in [0.4, 0.5) is 0 Å². The molecule has 1 heterocycles. The summed E-state index contributed by atoms with van der Waals surface area (Å²) in [6, 6.07) is 7.84. The van der Waals surface area contributed by atoms with Crippen molar-refractivity contribution in [3.63, 3.8) is 0 Å². The highest BCUT2D eigenvalue weighted by Crippen LogP contribution is 2.58. The fourth-order valence-electron chi connectivity index (χ4n) is 3.29. The van der Waals surface area contributed by atoms with Crippen molar-refractivity contribution in [2.24, 2.45) is 11.3 Å². The Morgan fingerprint density at radius 1 is 1.45 bits per heavy atom. The topological polar surface area (TPSA) is 50.4 Å². The normalized spacial score (nSPS) is 23.4. The van der Waals surface area contributed by atoms with Crippen molar-refractivity contribution >= 4 is 5.91 Å². The van der Waals surface area contributed by atoms with Crippen LogP contribution in [-0.4, -0.2) is 26.1 Å². The van der Waals surface area contributed by atoms with Crippen LogP contribution in [0.5, 0.6) is 5.75 Å². The summed E-state index contributed by atoms with van der Waals surface area (Å²) in [5.74, 6) is 1.28. The van der Waals surface area contributed by atoms with Crippen molar-refractivity contribution in [3.05, 3.63) is 29.8 Å². The molecule has 0 radical (unpaired) electrons. The minimum Gasteiger partial charge on any atom is -0.497 e. The zero-order valence-electron chi connectivity index (χ0n) is 11.9. The van der Waals surface area contributed by atoms with Crippen molar-refractivity contribution in [3.8, 4) is 5.75 Å². The second kappa shape index (κ2) is 5.44. The Morgan fingerprint density at radius 2 is 2.25 bits per heavy atom. The Hall–Kier alpha value is -1.55. The van der Waals surface area contributed by atoms with Crippen LogP contribution in [0, 0.1) is 11.3 Å². The average Bonchev–Trinajstić information content (AvgIpc) is 3.19. The maximum atomic E-state index is 12.2. The van der Waals surface area contributed by atoms with Gasteiger partial charge in [0.2, 0.25) is 5.91 Å². The highest BCUT2D eigenvalue weighted by Gasteiger charge is 2.57. The molecule has 1 aromatic rings. The summed E-state index contributed by atoms with van der Waals surface area (Å²) < 4.78 is 5.19. The van der Waals surface area contributed by atoms with Crippen molar-refractivity contribution in [2.75, 3.05) is 20.2 Å². The van der Waals surface area contributed by atoms with Gasteiger partial charge in [-0.05, 0) is 55.5 Å². The lowest BCUT2D eigenvalue weighted by Crippen LogP contribution is -2.33. The summed E-state index contributed by atoms with van der Waals surface area (Å²) in [5, 5.41) is 6.43. The van der Waals surface area contributed by atoms with E-state index in [-0.39, 0.29) is 11.8 Å². The Labute approximate surface area is 119 Å². The number of carbonyl (C=O) groups is 1. The number of amides is 1. The van der Waals surface area contributed by atoms with Crippen LogP contribution in [0.1, 0.15) is 24.8 Å². The van der Waals surface area contributed by atoms with Gasteiger partial charge in [0.1, 0.15) is 5.75 Å². The van der Waals surface area contributed by atoms with Gasteiger partial charge in [-0.1, -0.05) is 12.1 Å². The van der Waals surface area contributed by atoms with Gasteiger partial charge in [0.15, 0.2) is 0 Å². The van der Waals surface area contributed by atoms with E-state index in [0.29, 0.717) is 12.0 Å². The number of benzene rings is 1. The van der Waals surface area contributed by atoms with Crippen molar-refractivity contribution in [2.45, 2.75) is 25.8 Å². The molecule has 4 nitrogen and oxygen atoms in total. The monoisotopic (exact) mass is 274 g/mol. The lowest BCUT2D eigenvalue weighted by atomic mass is 9.92. The summed E-state index contributed by atoms with van der Waals surface area (Å²) in [5.41, 5.74) is 1.39. The molecule has 0 bridgehead atoms. The third kappa shape index (κ3) is 2.66. The molecule has 1 saturated heterocycles. The molecule has 1 aliphatic heterocycles. The van der Waals surface area contributed by atoms with Crippen LogP contribution in [0.15, 0.2) is 24.3 Å². The number of hydrogen-bond acceptors (Lipinski definition) is 3. The van der Waals surface area contributed by atoms with Gasteiger partial charge < -0.3 is 15.4 Å². The second-order valence-corrected chi connectivity index (χ2v) is 5.94. The van der Waals surface area contributed by atoms with E-state index >= 15 is 0 Å². The zero-order valence-corrected chi connectivity index (χ0v) is 11.9. The fourth-order valence-corrected chi connectivity index (χ4v) is 3.29. The first-order valence-corrected chi connectivity index (χ1v) is 7.35. The van der Waals surface area contributed by atoms with Gasteiger partial charge >= 0.3 is 0 Å². The number of ether oxygens (including phenoxy) is 1. The molecular formula is C16H22N2O2. The van der Waals surface area contributed by atoms with E-state index in [1.54, 1.807) is 7.11 Å². The molecule has 1 atom stereocenters. The van der Waals surface area contributed by atoms with Gasteiger partial charge in [-0.3, -0.25) is 4.79 Å². The molecule has 1 unspecified atom stereocenters. The maximum Gasteiger partial charge on any atom is 0.223 e. The van der Waals surface area contributed by atoms with E-state index in [2.05, 4.69) is 10.6 Å². The van der Waals surface area contributed by atoms with Crippen molar-refractivity contribution in [1.29, 1.82) is 0 Å². The van der Waals surface area contributed by atoms with E-state index in [0.717, 1.165) is 43.7 Å². The SMILES string of the molecule is COc1cccc(CNC(=O)C2CC23CCNCC3)c1. The van der Waals surface area contributed by atoms with E-state index in [9.17, 15) is 4.79 Å². The Morgan fingerprint density at radius 3 is 3.00 bits per heavy atom. The smallest absolute Gasteiger partial charge is 0.223 e. The first kappa shape index (κ1) is 13.4. The molecule has 1 aliphatic carbocycles. The largest absolute Gasteiger partial charge is 0.497 e. The van der Waals surface area contributed by atoms with Crippen LogP contribution >= 0.6 is 0 Å². The summed E-state index contributed by atoms with van der Waals surface area (Å²) in [7, 11) is 1.66. The first-order chi connectivity index (χ1) is 9.73. The van der Waals surface area contributed by atoms with Gasteiger partial charge in [-0.15, -0.1) is 0 Å². The van der Waals surface area contributed by atoms with E-state index in [1.807, 2.05) is 24.3 Å². The molecule has 4 heteroatoms. The highest BCUT2D eigenvalue weighted by atomic mass is 16.5. The van der Waals surface area contributed by atoms with Crippen molar-refractivity contribution < 1.29 is 9.53 Å². The molecule has 1 amide bonds. The van der Waals surface area contributed by atoms with Gasteiger partial charge in [0, 0.05) is 12.5 Å². The summed E-state index contributed by atoms with van der Waals surface area (Å²) in [4.78, 5) is 12.2. The molecule has 20 heavy (non-hydrogen) atoms. The third-order valence-electron chi connectivity index (χ3n) is 4.71. The summed E-state index contributed by atoms with van der Waals surface area (Å²) >= 11 is 0. The van der Waals surface area contributed by atoms with Gasteiger partial charge in [0.05, 0.1) is 7.11 Å². The summed E-state index contributed by atoms with van der Waals surface area (Å²) in [6.45, 7) is 2.69. The maximum absolute atomic E-state index is 12.2. The number of hydrogen-bond donors (Lipinski definition) is 2. The van der Waals surface area contributed by atoms with Crippen LogP contribution in [0.2, 0.25) is 0 Å². The van der Waals surface area contributed by atoms with Gasteiger partial charge in [-0.25, -0.2) is 0 Å². The number of rotatable bonds is 4. The standard InChI is InChI=1S/C16H22N2O2/c1-20-13-4-2-3-12(9-13)11-18-15(19)14-10-16(14)5-7-17-8-6-16/h2-4,9,14,17H,5-8,10-11H2,1H3,(H,18,19). The number of piperidine rings is 1. The molecule has 2 aliphatic rings. The number of methoxy groups -OCH3 is 1. The van der Waals surface area contributed by atoms with Crippen LogP contribution in [-0.2, 0) is 11.3 Å². The second-order valence-electron chi connectivity index (χ2n) is 5.94. The molecule has 1 aromatic carbocycles. The molecule has 0 aromatic heterocycles. The minimum atomic E-state index is 0.217. The molecule has 2 fully saturated rings. The van der Waals surface area contributed by atoms with Gasteiger partial charge in [-0.2, -0.15) is 0 Å². The molecular weight excluding hydrogens is 252 g/mol. The molecule has 1 saturated carbocycles. The zero-order chi connectivity index (χ0) is 14.0. The summed E-state index contributed by atoms with van der Waals surface area (Å²) in [6.07, 6.45) is 3.35. The average molecular weight is 274 g/mol. The van der Waals surface area contributed by atoms with Crippen LogP contribution < -0.4 is 15.4 Å². The van der Waals surface area contributed by atoms with E-state index < -0.39 is 0 Å². The number of carbonyl (C=O) groups excluding carboxylic acids is 1. The third-order valence-corrected chi connectivity index (χ3v) is 4.71. The van der Waals surface area contributed by atoms with Crippen molar-refractivity contribution in [1.82, 2.24) is 10.6 Å². The molecule has 108 valence electrons. The molecule has 1 spiro atoms. The molecule has 3 rings (SSSR count). The van der Waals surface area contributed by atoms with Crippen LogP contribution in [0.25, 0.3) is 0 Å². The van der Waals surface area contributed by atoms with Gasteiger partial charge in [0.25, 0.3) is 0 Å². The highest BCUT2D eigenvalue weighted by molar-refractivity contribution is 5.82. The van der Waals surface area contributed by atoms with E-state index in [4.69, 9.17) is 4.74 Å². The number of nitrogens with one attached hydrogen (secondary N) is 2. The first-order valence-electron chi connectivity index (χ1n) is 7.35. The fraction of sp³-hybridized carbons (Fsp3) is 0.562. The predicted molar refractivity (Wildman–Crippen MR) is 77.5 cm³/mol. The Kier molecular flexibility index (Phi) is 3.66. The predicted octanol–water partition coefficient (Wildman–Crippen LogP) is 1.70. The Bertz CT molecular complexity index is 495. The minimum absolute atomic E-state index is 0.217. The van der Waals surface area contributed by atoms with E-state index in [1.165, 1.54) is 0 Å². The van der Waals surface area contributed by atoms with Crippen LogP contribution in [0.3, 0.4) is 0 Å².